The van der Waals surface area contributed by atoms with Gasteiger partial charge in [0.2, 0.25) is 23.6 Å². The van der Waals surface area contributed by atoms with Crippen molar-refractivity contribution >= 4 is 29.5 Å². The van der Waals surface area contributed by atoms with Crippen LogP contribution in [0.1, 0.15) is 65.5 Å². The van der Waals surface area contributed by atoms with Crippen LogP contribution in [0.4, 0.5) is 0 Å². The summed E-state index contributed by atoms with van der Waals surface area (Å²) in [6.45, 7) is 5.70. The van der Waals surface area contributed by atoms with Crippen molar-refractivity contribution in [2.75, 3.05) is 46.4 Å². The van der Waals surface area contributed by atoms with Gasteiger partial charge in [-0.1, -0.05) is 49.7 Å². The van der Waals surface area contributed by atoms with E-state index in [1.165, 1.54) is 24.4 Å². The molecular formula is C47H58N10O7. The molecule has 17 heteroatoms. The quantitative estimate of drug-likeness (QED) is 0.0753. The van der Waals surface area contributed by atoms with Crippen molar-refractivity contribution < 1.29 is 33.4 Å². The van der Waals surface area contributed by atoms with Crippen molar-refractivity contribution in [3.05, 3.63) is 101 Å². The number of hydrogen-bond acceptors (Lipinski definition) is 12. The van der Waals surface area contributed by atoms with Gasteiger partial charge in [0.15, 0.2) is 0 Å². The molecule has 338 valence electrons. The van der Waals surface area contributed by atoms with Gasteiger partial charge >= 0.3 is 0 Å². The fourth-order valence-corrected chi connectivity index (χ4v) is 7.46. The molecule has 5 rings (SSSR count). The molecule has 4 aromatic rings. The Bertz CT molecular complexity index is 2350. The van der Waals surface area contributed by atoms with Crippen molar-refractivity contribution in [3.8, 4) is 40.0 Å². The maximum atomic E-state index is 14.6. The first-order chi connectivity index (χ1) is 30.8. The summed E-state index contributed by atoms with van der Waals surface area (Å²) >= 11 is 0. The maximum absolute atomic E-state index is 14.6. The Morgan fingerprint density at radius 3 is 2.20 bits per heavy atom. The Labute approximate surface area is 373 Å². The van der Waals surface area contributed by atoms with Crippen LogP contribution in [0.2, 0.25) is 0 Å². The number of nitriles is 1. The van der Waals surface area contributed by atoms with Gasteiger partial charge in [-0.05, 0) is 86.3 Å². The van der Waals surface area contributed by atoms with E-state index in [0.29, 0.717) is 45.1 Å². The highest BCUT2D eigenvalue weighted by Gasteiger charge is 2.36. The summed E-state index contributed by atoms with van der Waals surface area (Å²) in [5, 5.41) is 19.9. The normalized spacial score (nSPS) is 16.5. The number of nitrogens with two attached hydrogens (primary N) is 3. The van der Waals surface area contributed by atoms with Gasteiger partial charge in [-0.15, -0.1) is 0 Å². The largest absolute Gasteiger partial charge is 0.492 e. The standard InChI is InChI=1S/C47H58N10O7/c1-5-6-30-7-10-32(11-8-30)37-14-13-34(28(2)53-37)44(59)55-38(17-18-48)47(62)57(4)42-33-12-16-41(64-24-21-51)36(27-33)35-25-31(9-15-40(35)63-23-20-50)26-39(45(60)52-22-19-49)56-43(58)29(3)54-46(42)61/h7-16,25,27,29,38-39,42H,5-6,17-18,20-24,26,48,50-51H2,1-4H3,(H,52,60)(H,54,61)(H,55,59)(H,56,58)/t29-,38-,39-,42-/m0/s1. The van der Waals surface area contributed by atoms with Gasteiger partial charge in [-0.3, -0.25) is 29.0 Å². The van der Waals surface area contributed by atoms with E-state index >= 15 is 0 Å². The van der Waals surface area contributed by atoms with Crippen LogP contribution in [0.25, 0.3) is 22.4 Å². The molecule has 0 saturated carbocycles. The molecule has 0 spiro atoms. The van der Waals surface area contributed by atoms with E-state index in [1.54, 1.807) is 55.5 Å². The first-order valence-electron chi connectivity index (χ1n) is 21.4. The number of ether oxygens (including phenoxy) is 2. The Kier molecular flexibility index (Phi) is 17.3. The summed E-state index contributed by atoms with van der Waals surface area (Å²) in [4.78, 5) is 76.0. The van der Waals surface area contributed by atoms with E-state index in [9.17, 15) is 24.0 Å². The Balaban J connectivity index is 1.56. The van der Waals surface area contributed by atoms with E-state index < -0.39 is 53.7 Å². The smallest absolute Gasteiger partial charge is 0.253 e. The molecule has 1 aliphatic heterocycles. The second-order valence-electron chi connectivity index (χ2n) is 15.5. The lowest BCUT2D eigenvalue weighted by molar-refractivity contribution is -0.141. The number of pyridine rings is 1. The third kappa shape index (κ3) is 12.0. The minimum atomic E-state index is -1.39. The number of carbonyl (C=O) groups excluding carboxylic acids is 5. The van der Waals surface area contributed by atoms with Gasteiger partial charge in [0.05, 0.1) is 23.0 Å². The Hall–Kier alpha value is -6.87. The molecule has 0 unspecified atom stereocenters. The van der Waals surface area contributed by atoms with Gasteiger partial charge in [0.25, 0.3) is 5.91 Å². The van der Waals surface area contributed by atoms with Crippen molar-refractivity contribution in [3.63, 3.8) is 0 Å². The van der Waals surface area contributed by atoms with Crippen LogP contribution < -0.4 is 47.9 Å². The molecule has 0 saturated heterocycles. The van der Waals surface area contributed by atoms with Gasteiger partial charge in [-0.25, -0.2) is 0 Å². The third-order valence-corrected chi connectivity index (χ3v) is 10.7. The molecule has 1 aromatic heterocycles. The summed E-state index contributed by atoms with van der Waals surface area (Å²) in [6, 6.07) is 18.7. The van der Waals surface area contributed by atoms with Gasteiger partial charge in [0.1, 0.15) is 55.4 Å². The molecule has 10 N–H and O–H groups in total. The van der Waals surface area contributed by atoms with Crippen molar-refractivity contribution in [2.45, 2.75) is 70.6 Å². The summed E-state index contributed by atoms with van der Waals surface area (Å²) in [5.41, 5.74) is 23.1. The number of likely N-dealkylation sites (N-methyl/N-ethyl adjacent to an activating group) is 1. The lowest BCUT2D eigenvalue weighted by Crippen LogP contribution is -2.56. The zero-order valence-electron chi connectivity index (χ0n) is 36.7. The molecule has 4 atom stereocenters. The molecular weight excluding hydrogens is 817 g/mol. The fraction of sp³-hybridized carbons (Fsp3) is 0.383. The number of aromatic nitrogens is 1. The summed E-state index contributed by atoms with van der Waals surface area (Å²) in [5.74, 6) is -2.47. The van der Waals surface area contributed by atoms with Gasteiger partial charge in [-0.2, -0.15) is 5.26 Å². The summed E-state index contributed by atoms with van der Waals surface area (Å²) in [6.07, 6.45) is 2.03. The minimum absolute atomic E-state index is 0.00722. The molecule has 17 nitrogen and oxygen atoms in total. The lowest BCUT2D eigenvalue weighted by atomic mass is 9.93. The molecule has 64 heavy (non-hydrogen) atoms. The van der Waals surface area contributed by atoms with E-state index in [2.05, 4.69) is 40.3 Å². The first-order valence-corrected chi connectivity index (χ1v) is 21.4. The lowest BCUT2D eigenvalue weighted by Gasteiger charge is -2.32. The SMILES string of the molecule is CCCc1ccc(-c2ccc(C(=O)N[C@@H](CCN)C(=O)N(C)[C@@H]3C(=O)N[C@@H](C)C(=O)N[C@H](C(=O)NCC#N)Cc4ccc(OCCN)c(c4)-c4cc3ccc4OCCN)c(C)n2)cc1. The molecule has 0 fully saturated rings. The second-order valence-corrected chi connectivity index (χ2v) is 15.5. The van der Waals surface area contributed by atoms with E-state index in [0.717, 1.165) is 18.4 Å². The van der Waals surface area contributed by atoms with Crippen LogP contribution in [0.5, 0.6) is 11.5 Å². The monoisotopic (exact) mass is 874 g/mol. The number of aryl methyl sites for hydroxylation is 2. The number of fused-ring (bicyclic) bond motifs is 5. The van der Waals surface area contributed by atoms with E-state index in [1.807, 2.05) is 18.2 Å². The zero-order chi connectivity index (χ0) is 46.3. The predicted molar refractivity (Wildman–Crippen MR) is 242 cm³/mol. The minimum Gasteiger partial charge on any atom is -0.492 e. The average molecular weight is 875 g/mol. The number of rotatable bonds is 17. The maximum Gasteiger partial charge on any atom is 0.253 e. The molecule has 1 aliphatic rings. The number of nitrogens with zero attached hydrogens (tertiary/aromatic N) is 3. The predicted octanol–water partition coefficient (Wildman–Crippen LogP) is 2.18. The van der Waals surface area contributed by atoms with Crippen LogP contribution in [-0.2, 0) is 32.0 Å². The number of nitrogens with one attached hydrogen (secondary N) is 4. The molecule has 2 heterocycles. The first kappa shape index (κ1) is 48.2. The van der Waals surface area contributed by atoms with Crippen LogP contribution >= 0.6 is 0 Å². The fourth-order valence-electron chi connectivity index (χ4n) is 7.46. The van der Waals surface area contributed by atoms with Crippen LogP contribution in [0, 0.1) is 18.3 Å². The highest BCUT2D eigenvalue weighted by atomic mass is 16.5. The van der Waals surface area contributed by atoms with Gasteiger partial charge in [0, 0.05) is 43.2 Å². The topological polar surface area (TPSA) is 270 Å². The van der Waals surface area contributed by atoms with Crippen LogP contribution in [0.3, 0.4) is 0 Å². The average Bonchev–Trinajstić information content (AvgIpc) is 3.29. The molecule has 0 aliphatic carbocycles. The third-order valence-electron chi connectivity index (χ3n) is 10.7. The number of hydrogen-bond donors (Lipinski definition) is 7. The van der Waals surface area contributed by atoms with Crippen LogP contribution in [0.15, 0.2) is 72.8 Å². The number of benzene rings is 3. The molecule has 4 bridgehead atoms. The van der Waals surface area contributed by atoms with Crippen molar-refractivity contribution in [1.82, 2.24) is 31.2 Å². The number of carbonyl (C=O) groups is 5. The summed E-state index contributed by atoms with van der Waals surface area (Å²) < 4.78 is 12.2. The Morgan fingerprint density at radius 1 is 0.906 bits per heavy atom. The van der Waals surface area contributed by atoms with E-state index in [4.69, 9.17) is 36.9 Å². The van der Waals surface area contributed by atoms with Gasteiger partial charge < -0.3 is 52.8 Å². The summed E-state index contributed by atoms with van der Waals surface area (Å²) in [7, 11) is 1.42. The zero-order valence-corrected chi connectivity index (χ0v) is 36.7. The molecule has 0 radical (unpaired) electrons. The van der Waals surface area contributed by atoms with Crippen LogP contribution in [-0.4, -0.2) is 104 Å². The van der Waals surface area contributed by atoms with Crippen molar-refractivity contribution in [2.24, 2.45) is 17.2 Å². The second kappa shape index (κ2) is 23.0. The Morgan fingerprint density at radius 2 is 1.58 bits per heavy atom. The highest BCUT2D eigenvalue weighted by Crippen LogP contribution is 2.40. The molecule has 5 amide bonds. The van der Waals surface area contributed by atoms with E-state index in [-0.39, 0.29) is 57.8 Å². The molecule has 3 aromatic carbocycles. The van der Waals surface area contributed by atoms with Crippen molar-refractivity contribution in [1.29, 1.82) is 5.26 Å². The number of amides is 5. The highest BCUT2D eigenvalue weighted by molar-refractivity contribution is 6.00.